The van der Waals surface area contributed by atoms with E-state index in [1.165, 1.54) is 19.2 Å². The Bertz CT molecular complexity index is 652. The maximum atomic E-state index is 13.0. The molecule has 3 rings (SSSR count). The summed E-state index contributed by atoms with van der Waals surface area (Å²) in [5.74, 6) is -0.567. The quantitative estimate of drug-likeness (QED) is 0.785. The molecule has 0 spiro atoms. The van der Waals surface area contributed by atoms with Gasteiger partial charge >= 0.3 is 5.97 Å². The number of hydrogen-bond acceptors (Lipinski definition) is 3. The van der Waals surface area contributed by atoms with Crippen molar-refractivity contribution < 1.29 is 13.9 Å². The maximum absolute atomic E-state index is 13.0. The van der Waals surface area contributed by atoms with E-state index in [9.17, 15) is 9.18 Å². The predicted molar refractivity (Wildman–Crippen MR) is 74.9 cm³/mol. The molecule has 1 aliphatic rings. The third-order valence-electron chi connectivity index (χ3n) is 3.53. The Hall–Kier alpha value is -2.36. The fourth-order valence-corrected chi connectivity index (χ4v) is 2.54. The normalized spacial score (nSPS) is 13.2. The zero-order chi connectivity index (χ0) is 14.1. The van der Waals surface area contributed by atoms with E-state index in [0.29, 0.717) is 5.56 Å². The van der Waals surface area contributed by atoms with Crippen molar-refractivity contribution in [3.63, 3.8) is 0 Å². The van der Waals surface area contributed by atoms with Gasteiger partial charge in [-0.15, -0.1) is 0 Å². The molecule has 0 N–H and O–H groups in total. The lowest BCUT2D eigenvalue weighted by atomic mass is 10.1. The average molecular weight is 271 g/mol. The molecule has 0 saturated heterocycles. The molecule has 0 bridgehead atoms. The number of fused-ring (bicyclic) bond motifs is 1. The standard InChI is InChI=1S/C16H14FNO2/c1-20-16(19)12-2-7-15-11(10-12)8-9-18(15)14-5-3-13(17)4-6-14/h2-7,10H,8-9H2,1H3. The Morgan fingerprint density at radius 3 is 2.65 bits per heavy atom. The van der Waals surface area contributed by atoms with E-state index in [1.807, 2.05) is 12.1 Å². The van der Waals surface area contributed by atoms with E-state index in [-0.39, 0.29) is 11.8 Å². The van der Waals surface area contributed by atoms with Gasteiger partial charge in [-0.3, -0.25) is 0 Å². The van der Waals surface area contributed by atoms with Crippen molar-refractivity contribution in [2.24, 2.45) is 0 Å². The number of anilines is 2. The van der Waals surface area contributed by atoms with Crippen LogP contribution in [0, 0.1) is 5.82 Å². The van der Waals surface area contributed by atoms with Gasteiger partial charge in [-0.1, -0.05) is 0 Å². The Kier molecular flexibility index (Phi) is 3.14. The van der Waals surface area contributed by atoms with Gasteiger partial charge in [0.15, 0.2) is 0 Å². The molecule has 1 aliphatic heterocycles. The van der Waals surface area contributed by atoms with E-state index in [4.69, 9.17) is 4.74 Å². The van der Waals surface area contributed by atoms with E-state index in [2.05, 4.69) is 4.90 Å². The van der Waals surface area contributed by atoms with Crippen LogP contribution in [0.1, 0.15) is 15.9 Å². The third kappa shape index (κ3) is 2.13. The largest absolute Gasteiger partial charge is 0.465 e. The molecule has 2 aromatic carbocycles. The highest BCUT2D eigenvalue weighted by Crippen LogP contribution is 2.35. The average Bonchev–Trinajstić information content (AvgIpc) is 2.90. The van der Waals surface area contributed by atoms with E-state index in [1.54, 1.807) is 18.2 Å². The number of ether oxygens (including phenoxy) is 1. The molecular formula is C16H14FNO2. The number of carbonyl (C=O) groups excluding carboxylic acids is 1. The zero-order valence-electron chi connectivity index (χ0n) is 11.1. The fraction of sp³-hybridized carbons (Fsp3) is 0.188. The molecule has 20 heavy (non-hydrogen) atoms. The van der Waals surface area contributed by atoms with Crippen molar-refractivity contribution in [3.8, 4) is 0 Å². The Morgan fingerprint density at radius 1 is 1.20 bits per heavy atom. The highest BCUT2D eigenvalue weighted by Gasteiger charge is 2.21. The first-order chi connectivity index (χ1) is 9.69. The van der Waals surface area contributed by atoms with Crippen molar-refractivity contribution in [1.29, 1.82) is 0 Å². The van der Waals surface area contributed by atoms with Crippen LogP contribution in [0.4, 0.5) is 15.8 Å². The van der Waals surface area contributed by atoms with Gasteiger partial charge in [-0.05, 0) is 54.4 Å². The highest BCUT2D eigenvalue weighted by atomic mass is 19.1. The minimum atomic E-state index is -0.326. The number of rotatable bonds is 2. The van der Waals surface area contributed by atoms with Gasteiger partial charge in [0.1, 0.15) is 5.82 Å². The van der Waals surface area contributed by atoms with Crippen LogP contribution >= 0.6 is 0 Å². The topological polar surface area (TPSA) is 29.5 Å². The Balaban J connectivity index is 1.94. The number of nitrogens with zero attached hydrogens (tertiary/aromatic N) is 1. The molecule has 4 heteroatoms. The summed E-state index contributed by atoms with van der Waals surface area (Å²) in [6, 6.07) is 12.0. The van der Waals surface area contributed by atoms with Gasteiger partial charge in [-0.25, -0.2) is 9.18 Å². The minimum absolute atomic E-state index is 0.241. The zero-order valence-corrected chi connectivity index (χ0v) is 11.1. The number of esters is 1. The van der Waals surface area contributed by atoms with Gasteiger partial charge in [-0.2, -0.15) is 0 Å². The van der Waals surface area contributed by atoms with Crippen LogP contribution < -0.4 is 4.90 Å². The molecule has 0 radical (unpaired) electrons. The second-order valence-corrected chi connectivity index (χ2v) is 4.71. The number of hydrogen-bond donors (Lipinski definition) is 0. The van der Waals surface area contributed by atoms with Gasteiger partial charge < -0.3 is 9.64 Å². The van der Waals surface area contributed by atoms with Gasteiger partial charge in [0.25, 0.3) is 0 Å². The molecule has 0 saturated carbocycles. The summed E-state index contributed by atoms with van der Waals surface area (Å²) in [5, 5.41) is 0. The summed E-state index contributed by atoms with van der Waals surface area (Å²) in [6.07, 6.45) is 0.859. The second-order valence-electron chi connectivity index (χ2n) is 4.71. The van der Waals surface area contributed by atoms with Crippen LogP contribution in [0.5, 0.6) is 0 Å². The molecule has 0 atom stereocenters. The summed E-state index contributed by atoms with van der Waals surface area (Å²) >= 11 is 0. The first-order valence-corrected chi connectivity index (χ1v) is 6.43. The predicted octanol–water partition coefficient (Wildman–Crippen LogP) is 3.31. The minimum Gasteiger partial charge on any atom is -0.465 e. The summed E-state index contributed by atoms with van der Waals surface area (Å²) in [6.45, 7) is 0.825. The SMILES string of the molecule is COC(=O)c1ccc2c(c1)CCN2c1ccc(F)cc1. The first kappa shape index (κ1) is 12.7. The Morgan fingerprint density at radius 2 is 1.95 bits per heavy atom. The summed E-state index contributed by atoms with van der Waals surface area (Å²) in [7, 11) is 1.38. The van der Waals surface area contributed by atoms with Crippen LogP contribution in [-0.4, -0.2) is 19.6 Å². The lowest BCUT2D eigenvalue weighted by molar-refractivity contribution is 0.0600. The maximum Gasteiger partial charge on any atom is 0.337 e. The van der Waals surface area contributed by atoms with E-state index < -0.39 is 0 Å². The van der Waals surface area contributed by atoms with Gasteiger partial charge in [0.2, 0.25) is 0 Å². The van der Waals surface area contributed by atoms with Crippen molar-refractivity contribution in [2.75, 3.05) is 18.6 Å². The molecule has 3 nitrogen and oxygen atoms in total. The molecule has 0 aliphatic carbocycles. The van der Waals surface area contributed by atoms with Crippen LogP contribution in [0.25, 0.3) is 0 Å². The van der Waals surface area contributed by atoms with E-state index >= 15 is 0 Å². The Labute approximate surface area is 116 Å². The van der Waals surface area contributed by atoms with E-state index in [0.717, 1.165) is 29.9 Å². The number of benzene rings is 2. The van der Waals surface area contributed by atoms with Crippen molar-refractivity contribution in [3.05, 3.63) is 59.4 Å². The van der Waals surface area contributed by atoms with Crippen LogP contribution in [-0.2, 0) is 11.2 Å². The first-order valence-electron chi connectivity index (χ1n) is 6.43. The monoisotopic (exact) mass is 271 g/mol. The van der Waals surface area contributed by atoms with Crippen LogP contribution in [0.15, 0.2) is 42.5 Å². The fourth-order valence-electron chi connectivity index (χ4n) is 2.54. The summed E-state index contributed by atoms with van der Waals surface area (Å²) in [5.41, 5.74) is 3.68. The number of halogens is 1. The molecule has 0 fully saturated rings. The lowest BCUT2D eigenvalue weighted by Gasteiger charge is -2.19. The van der Waals surface area contributed by atoms with Gasteiger partial charge in [0, 0.05) is 17.9 Å². The van der Waals surface area contributed by atoms with Crippen LogP contribution in [0.2, 0.25) is 0 Å². The molecule has 0 amide bonds. The highest BCUT2D eigenvalue weighted by molar-refractivity contribution is 5.90. The van der Waals surface area contributed by atoms with Crippen molar-refractivity contribution >= 4 is 17.3 Å². The number of methoxy groups -OCH3 is 1. The summed E-state index contributed by atoms with van der Waals surface area (Å²) < 4.78 is 17.7. The second kappa shape index (κ2) is 4.96. The lowest BCUT2D eigenvalue weighted by Crippen LogP contribution is -2.13. The molecule has 102 valence electrons. The molecule has 0 aromatic heterocycles. The molecule has 2 aromatic rings. The van der Waals surface area contributed by atoms with Gasteiger partial charge in [0.05, 0.1) is 12.7 Å². The van der Waals surface area contributed by atoms with Crippen molar-refractivity contribution in [1.82, 2.24) is 0 Å². The third-order valence-corrected chi connectivity index (χ3v) is 3.53. The molecular weight excluding hydrogens is 257 g/mol. The summed E-state index contributed by atoms with van der Waals surface area (Å²) in [4.78, 5) is 13.6. The molecule has 1 heterocycles. The van der Waals surface area contributed by atoms with Crippen molar-refractivity contribution in [2.45, 2.75) is 6.42 Å². The van der Waals surface area contributed by atoms with Crippen LogP contribution in [0.3, 0.4) is 0 Å². The molecule has 0 unspecified atom stereocenters. The number of carbonyl (C=O) groups is 1. The smallest absolute Gasteiger partial charge is 0.337 e.